The van der Waals surface area contributed by atoms with Crippen LogP contribution < -0.4 is 5.73 Å². The van der Waals surface area contributed by atoms with E-state index in [0.29, 0.717) is 6.54 Å². The third kappa shape index (κ3) is 2.19. The Hall–Kier alpha value is -1.86. The van der Waals surface area contributed by atoms with E-state index in [4.69, 9.17) is 5.73 Å². The lowest BCUT2D eigenvalue weighted by molar-refractivity contribution is 0.768. The summed E-state index contributed by atoms with van der Waals surface area (Å²) in [7, 11) is 1.90. The van der Waals surface area contributed by atoms with Crippen molar-refractivity contribution >= 4 is 17.4 Å². The molecule has 0 fully saturated rings. The molecule has 0 bridgehead atoms. The molecule has 0 radical (unpaired) electrons. The van der Waals surface area contributed by atoms with Gasteiger partial charge in [0, 0.05) is 31.4 Å². The average molecular weight is 288 g/mol. The van der Waals surface area contributed by atoms with Gasteiger partial charge in [0.05, 0.1) is 23.8 Å². The van der Waals surface area contributed by atoms with Gasteiger partial charge in [-0.15, -0.1) is 11.8 Å². The predicted octanol–water partition coefficient (Wildman–Crippen LogP) is 1.35. The molecule has 7 heteroatoms. The summed E-state index contributed by atoms with van der Waals surface area (Å²) in [6, 6.07) is 0. The first-order valence-corrected chi connectivity index (χ1v) is 7.55. The summed E-state index contributed by atoms with van der Waals surface area (Å²) < 4.78 is 3.85. The summed E-state index contributed by atoms with van der Waals surface area (Å²) in [5, 5.41) is 5.14. The van der Waals surface area contributed by atoms with E-state index in [-0.39, 0.29) is 0 Å². The fourth-order valence-corrected chi connectivity index (χ4v) is 2.72. The standard InChI is InChI=1S/C13H16N6S/c1-18-7-9(5-16-18)11-6-15-12-13(20-2)17-10(3-4-14)8-19(11)12/h5-8H,3-4,14H2,1-2H3. The molecule has 0 saturated heterocycles. The van der Waals surface area contributed by atoms with Gasteiger partial charge in [-0.2, -0.15) is 5.10 Å². The van der Waals surface area contributed by atoms with Crippen molar-refractivity contribution in [2.24, 2.45) is 12.8 Å². The molecule has 0 unspecified atom stereocenters. The molecular weight excluding hydrogens is 272 g/mol. The Kier molecular flexibility index (Phi) is 3.45. The van der Waals surface area contributed by atoms with E-state index >= 15 is 0 Å². The zero-order valence-corrected chi connectivity index (χ0v) is 12.3. The average Bonchev–Trinajstić information content (AvgIpc) is 3.04. The molecule has 0 aliphatic rings. The molecule has 0 saturated carbocycles. The number of aryl methyl sites for hydroxylation is 1. The largest absolute Gasteiger partial charge is 0.330 e. The van der Waals surface area contributed by atoms with E-state index < -0.39 is 0 Å². The topological polar surface area (TPSA) is 74.0 Å². The Balaban J connectivity index is 2.21. The maximum absolute atomic E-state index is 5.64. The van der Waals surface area contributed by atoms with Crippen LogP contribution in [0.4, 0.5) is 0 Å². The van der Waals surface area contributed by atoms with Gasteiger partial charge in [-0.05, 0) is 12.8 Å². The van der Waals surface area contributed by atoms with Crippen LogP contribution in [0.1, 0.15) is 5.69 Å². The number of hydrogen-bond acceptors (Lipinski definition) is 5. The van der Waals surface area contributed by atoms with Gasteiger partial charge in [-0.1, -0.05) is 0 Å². The summed E-state index contributed by atoms with van der Waals surface area (Å²) in [5.41, 5.74) is 9.55. The van der Waals surface area contributed by atoms with Gasteiger partial charge in [0.2, 0.25) is 0 Å². The lowest BCUT2D eigenvalue weighted by atomic mass is 10.2. The fraction of sp³-hybridized carbons (Fsp3) is 0.308. The molecule has 0 aliphatic heterocycles. The van der Waals surface area contributed by atoms with Crippen LogP contribution in [0.25, 0.3) is 16.9 Å². The van der Waals surface area contributed by atoms with E-state index in [1.54, 1.807) is 16.4 Å². The van der Waals surface area contributed by atoms with Crippen molar-refractivity contribution in [1.29, 1.82) is 0 Å². The first kappa shape index (κ1) is 13.1. The summed E-state index contributed by atoms with van der Waals surface area (Å²) in [6.07, 6.45) is 10.5. The predicted molar refractivity (Wildman–Crippen MR) is 79.7 cm³/mol. The molecule has 3 aromatic rings. The molecule has 0 aliphatic carbocycles. The van der Waals surface area contributed by atoms with Crippen molar-refractivity contribution in [1.82, 2.24) is 24.1 Å². The molecule has 0 amide bonds. The van der Waals surface area contributed by atoms with Crippen LogP contribution in [0.5, 0.6) is 0 Å². The Morgan fingerprint density at radius 2 is 2.15 bits per heavy atom. The number of nitrogens with zero attached hydrogens (tertiary/aromatic N) is 5. The second-order valence-electron chi connectivity index (χ2n) is 4.52. The number of fused-ring (bicyclic) bond motifs is 1. The minimum Gasteiger partial charge on any atom is -0.330 e. The molecular formula is C13H16N6S. The van der Waals surface area contributed by atoms with Crippen molar-refractivity contribution in [3.8, 4) is 11.3 Å². The normalized spacial score (nSPS) is 11.3. The molecule has 0 atom stereocenters. The van der Waals surface area contributed by atoms with E-state index in [2.05, 4.69) is 19.5 Å². The molecule has 3 heterocycles. The van der Waals surface area contributed by atoms with Gasteiger partial charge in [-0.3, -0.25) is 9.08 Å². The van der Waals surface area contributed by atoms with E-state index in [1.807, 2.05) is 38.1 Å². The van der Waals surface area contributed by atoms with Crippen molar-refractivity contribution < 1.29 is 0 Å². The van der Waals surface area contributed by atoms with Gasteiger partial charge < -0.3 is 5.73 Å². The van der Waals surface area contributed by atoms with E-state index in [0.717, 1.165) is 34.0 Å². The number of rotatable bonds is 4. The zero-order chi connectivity index (χ0) is 14.1. The van der Waals surface area contributed by atoms with Gasteiger partial charge in [0.25, 0.3) is 0 Å². The summed E-state index contributed by atoms with van der Waals surface area (Å²) in [4.78, 5) is 9.09. The third-order valence-electron chi connectivity index (χ3n) is 3.11. The molecule has 104 valence electrons. The second-order valence-corrected chi connectivity index (χ2v) is 5.31. The second kappa shape index (κ2) is 5.26. The van der Waals surface area contributed by atoms with Gasteiger partial charge in [-0.25, -0.2) is 9.97 Å². The quantitative estimate of drug-likeness (QED) is 0.734. The lowest BCUT2D eigenvalue weighted by Gasteiger charge is -2.06. The van der Waals surface area contributed by atoms with Crippen molar-refractivity contribution in [3.63, 3.8) is 0 Å². The highest BCUT2D eigenvalue weighted by molar-refractivity contribution is 7.98. The molecule has 20 heavy (non-hydrogen) atoms. The van der Waals surface area contributed by atoms with E-state index in [9.17, 15) is 0 Å². The van der Waals surface area contributed by atoms with Crippen molar-refractivity contribution in [2.45, 2.75) is 11.4 Å². The molecule has 3 rings (SSSR count). The third-order valence-corrected chi connectivity index (χ3v) is 3.77. The zero-order valence-electron chi connectivity index (χ0n) is 11.4. The number of hydrogen-bond donors (Lipinski definition) is 1. The Labute approximate surface area is 121 Å². The summed E-state index contributed by atoms with van der Waals surface area (Å²) >= 11 is 1.60. The number of imidazole rings is 1. The molecule has 2 N–H and O–H groups in total. The van der Waals surface area contributed by atoms with Crippen LogP contribution in [0.15, 0.2) is 29.8 Å². The van der Waals surface area contributed by atoms with Crippen LogP contribution in [0.2, 0.25) is 0 Å². The molecule has 3 aromatic heterocycles. The summed E-state index contributed by atoms with van der Waals surface area (Å²) in [5.74, 6) is 0. The monoisotopic (exact) mass is 288 g/mol. The molecule has 6 nitrogen and oxygen atoms in total. The van der Waals surface area contributed by atoms with Gasteiger partial charge >= 0.3 is 0 Å². The van der Waals surface area contributed by atoms with E-state index in [1.165, 1.54) is 0 Å². The van der Waals surface area contributed by atoms with Gasteiger partial charge in [0.1, 0.15) is 5.03 Å². The lowest BCUT2D eigenvalue weighted by Crippen LogP contribution is -2.07. The van der Waals surface area contributed by atoms with Crippen LogP contribution in [-0.4, -0.2) is 36.9 Å². The van der Waals surface area contributed by atoms with Gasteiger partial charge in [0.15, 0.2) is 5.65 Å². The van der Waals surface area contributed by atoms with Crippen LogP contribution in [-0.2, 0) is 13.5 Å². The van der Waals surface area contributed by atoms with Crippen LogP contribution >= 0.6 is 11.8 Å². The Morgan fingerprint density at radius 1 is 1.30 bits per heavy atom. The molecule has 0 aromatic carbocycles. The highest BCUT2D eigenvalue weighted by Gasteiger charge is 2.13. The van der Waals surface area contributed by atoms with Crippen LogP contribution in [0, 0.1) is 0 Å². The number of nitrogens with two attached hydrogens (primary N) is 1. The number of thioether (sulfide) groups is 1. The van der Waals surface area contributed by atoms with Crippen molar-refractivity contribution in [3.05, 3.63) is 30.5 Å². The SMILES string of the molecule is CSc1nc(CCN)cn2c(-c3cnn(C)c3)cnc12. The highest BCUT2D eigenvalue weighted by atomic mass is 32.2. The minimum atomic E-state index is 0.587. The maximum Gasteiger partial charge on any atom is 0.170 e. The molecule has 0 spiro atoms. The van der Waals surface area contributed by atoms with Crippen LogP contribution in [0.3, 0.4) is 0 Å². The Morgan fingerprint density at radius 3 is 2.80 bits per heavy atom. The first-order valence-electron chi connectivity index (χ1n) is 6.33. The fourth-order valence-electron chi connectivity index (χ4n) is 2.18. The number of aromatic nitrogens is 5. The first-order chi connectivity index (χ1) is 9.72. The minimum absolute atomic E-state index is 0.587. The Bertz CT molecular complexity index is 744. The maximum atomic E-state index is 5.64. The smallest absolute Gasteiger partial charge is 0.170 e. The summed E-state index contributed by atoms with van der Waals surface area (Å²) in [6.45, 7) is 0.587. The highest BCUT2D eigenvalue weighted by Crippen LogP contribution is 2.25. The van der Waals surface area contributed by atoms with Crippen molar-refractivity contribution in [2.75, 3.05) is 12.8 Å².